The average molecular weight is 196 g/mol. The van der Waals surface area contributed by atoms with E-state index in [1.54, 1.807) is 0 Å². The van der Waals surface area contributed by atoms with E-state index in [4.69, 9.17) is 14.9 Å². The smallest absolute Gasteiger partial charge is 0.362 e. The summed E-state index contributed by atoms with van der Waals surface area (Å²) in [5, 5.41) is 8.32. The van der Waals surface area contributed by atoms with Crippen molar-refractivity contribution in [3.05, 3.63) is 11.9 Å². The summed E-state index contributed by atoms with van der Waals surface area (Å²) >= 11 is 0. The molecule has 6 N–H and O–H groups in total. The Morgan fingerprint density at radius 2 is 2.08 bits per heavy atom. The molecule has 0 aromatic rings. The minimum Gasteiger partial charge on any atom is -0.477 e. The maximum absolute atomic E-state index is 10.2. The molecule has 0 bridgehead atoms. The molecule has 0 aromatic carbocycles. The minimum atomic E-state index is -4.15. The van der Waals surface area contributed by atoms with Gasteiger partial charge in [0.2, 0.25) is 0 Å². The summed E-state index contributed by atoms with van der Waals surface area (Å²) < 4.78 is 10.2. The minimum absolute atomic E-state index is 0.0143. The fraction of sp³-hybridized carbons (Fsp3) is 0.400. The number of carboxylic acid groups (broad SMARTS) is 1. The van der Waals surface area contributed by atoms with Gasteiger partial charge in [0.15, 0.2) is 6.04 Å². The van der Waals surface area contributed by atoms with Crippen molar-refractivity contribution in [1.29, 1.82) is 0 Å². The topological polar surface area (TPSA) is 122 Å². The van der Waals surface area contributed by atoms with Crippen LogP contribution in [0.4, 0.5) is 0 Å². The fourth-order valence-electron chi connectivity index (χ4n) is 0.463. The highest BCUT2D eigenvalue weighted by molar-refractivity contribution is 7.55. The van der Waals surface area contributed by atoms with E-state index in [1.165, 1.54) is 0 Å². The van der Waals surface area contributed by atoms with Crippen molar-refractivity contribution in [1.82, 2.24) is 0 Å². The molecule has 1 unspecified atom stereocenters. The molecule has 0 spiro atoms. The highest BCUT2D eigenvalue weighted by Gasteiger charge is 2.14. The Hall–Kier alpha value is -0.680. The fourth-order valence-corrected chi connectivity index (χ4v) is 0.860. The zero-order valence-corrected chi connectivity index (χ0v) is 7.15. The molecule has 0 amide bonds. The summed E-state index contributed by atoms with van der Waals surface area (Å²) in [6.45, 7) is 0. The third-order valence-electron chi connectivity index (χ3n) is 1.07. The van der Waals surface area contributed by atoms with Crippen molar-refractivity contribution >= 4 is 13.6 Å². The molecule has 6 nitrogen and oxygen atoms in total. The molecule has 0 saturated heterocycles. The van der Waals surface area contributed by atoms with E-state index in [2.05, 4.69) is 5.73 Å². The number of aliphatic carboxylic acids is 1. The van der Waals surface area contributed by atoms with Gasteiger partial charge in [-0.15, -0.1) is 0 Å². The van der Waals surface area contributed by atoms with Crippen molar-refractivity contribution in [2.75, 3.05) is 0 Å². The Labute approximate surface area is 68.9 Å². The van der Waals surface area contributed by atoms with E-state index in [9.17, 15) is 9.36 Å². The number of hydrogen-bond acceptors (Lipinski definition) is 2. The van der Waals surface area contributed by atoms with Crippen molar-refractivity contribution in [2.24, 2.45) is 0 Å². The normalized spacial score (nSPS) is 14.9. The molecule has 7 heteroatoms. The second kappa shape index (κ2) is 4.37. The quantitative estimate of drug-likeness (QED) is 0.419. The van der Waals surface area contributed by atoms with Crippen LogP contribution in [0.25, 0.3) is 0 Å². The highest BCUT2D eigenvalue weighted by atomic mass is 31.2. The molecule has 0 saturated carbocycles. The summed E-state index contributed by atoms with van der Waals surface area (Å²) in [5.41, 5.74) is 3.25. The SMILES string of the molecule is [NH3+]C(C/C=C\P(=O)(O)O)C(=O)O. The maximum Gasteiger partial charge on any atom is 0.362 e. The summed E-state index contributed by atoms with van der Waals surface area (Å²) in [6.07, 6.45) is 1.13. The van der Waals surface area contributed by atoms with E-state index in [-0.39, 0.29) is 6.42 Å². The first-order chi connectivity index (χ1) is 5.33. The lowest BCUT2D eigenvalue weighted by atomic mass is 10.2. The van der Waals surface area contributed by atoms with Gasteiger partial charge in [-0.25, -0.2) is 4.79 Å². The van der Waals surface area contributed by atoms with Gasteiger partial charge < -0.3 is 20.6 Å². The first-order valence-electron chi connectivity index (χ1n) is 3.12. The van der Waals surface area contributed by atoms with Gasteiger partial charge in [0, 0.05) is 12.2 Å². The number of quaternary nitrogens is 1. The monoisotopic (exact) mass is 196 g/mol. The molecule has 0 rings (SSSR count). The van der Waals surface area contributed by atoms with E-state index < -0.39 is 19.6 Å². The summed E-state index contributed by atoms with van der Waals surface area (Å²) in [5.74, 6) is -0.418. The van der Waals surface area contributed by atoms with Crippen molar-refractivity contribution in [3.8, 4) is 0 Å². The van der Waals surface area contributed by atoms with Gasteiger partial charge in [-0.2, -0.15) is 0 Å². The molecule has 0 aliphatic rings. The van der Waals surface area contributed by atoms with E-state index >= 15 is 0 Å². The Balaban J connectivity index is 3.92. The van der Waals surface area contributed by atoms with Crippen molar-refractivity contribution < 1.29 is 30.0 Å². The molecule has 0 radical (unpaired) electrons. The van der Waals surface area contributed by atoms with Gasteiger partial charge in [-0.3, -0.25) is 4.57 Å². The van der Waals surface area contributed by atoms with Crippen molar-refractivity contribution in [2.45, 2.75) is 12.5 Å². The Bertz CT molecular complexity index is 232. The average Bonchev–Trinajstić information content (AvgIpc) is 1.84. The Morgan fingerprint density at radius 3 is 2.42 bits per heavy atom. The third-order valence-corrected chi connectivity index (χ3v) is 1.67. The molecule has 0 fully saturated rings. The largest absolute Gasteiger partial charge is 0.477 e. The number of rotatable bonds is 4. The molecule has 0 heterocycles. The lowest BCUT2D eigenvalue weighted by Crippen LogP contribution is -2.64. The maximum atomic E-state index is 10.2. The molecule has 12 heavy (non-hydrogen) atoms. The van der Waals surface area contributed by atoms with Crippen LogP contribution < -0.4 is 5.73 Å². The third kappa shape index (κ3) is 6.06. The molecule has 0 aromatic heterocycles. The summed E-state index contributed by atoms with van der Waals surface area (Å²) in [7, 11) is -4.15. The Morgan fingerprint density at radius 1 is 1.58 bits per heavy atom. The van der Waals surface area contributed by atoms with Crippen LogP contribution in [-0.4, -0.2) is 26.9 Å². The Kier molecular flexibility index (Phi) is 4.12. The van der Waals surface area contributed by atoms with Crippen LogP contribution in [0.2, 0.25) is 0 Å². The standard InChI is InChI=1S/C5H10NO5P/c6-4(5(7)8)2-1-3-12(9,10)11/h1,3-4H,2,6H2,(H,7,8)(H2,9,10,11)/p+1/b3-1-. The molecule has 70 valence electrons. The lowest BCUT2D eigenvalue weighted by Gasteiger charge is -1.97. The van der Waals surface area contributed by atoms with Crippen LogP contribution >= 0.6 is 7.60 Å². The number of carbonyl (C=O) groups is 1. The van der Waals surface area contributed by atoms with E-state index in [1.807, 2.05) is 0 Å². The number of hydrogen-bond donors (Lipinski definition) is 4. The molecule has 1 atom stereocenters. The van der Waals surface area contributed by atoms with Crippen LogP contribution in [0.3, 0.4) is 0 Å². The molecular weight excluding hydrogens is 185 g/mol. The van der Waals surface area contributed by atoms with Crippen LogP contribution in [0.5, 0.6) is 0 Å². The zero-order valence-electron chi connectivity index (χ0n) is 6.25. The van der Waals surface area contributed by atoms with Crippen LogP contribution in [0, 0.1) is 0 Å². The predicted octanol–water partition coefficient (Wildman–Crippen LogP) is -1.24. The number of carboxylic acids is 1. The second-order valence-corrected chi connectivity index (χ2v) is 3.72. The van der Waals surface area contributed by atoms with E-state index in [0.29, 0.717) is 5.82 Å². The van der Waals surface area contributed by atoms with Crippen LogP contribution in [-0.2, 0) is 9.36 Å². The van der Waals surface area contributed by atoms with Gasteiger partial charge in [0.25, 0.3) is 0 Å². The molecule has 0 aliphatic carbocycles. The van der Waals surface area contributed by atoms with Gasteiger partial charge in [0.05, 0.1) is 0 Å². The zero-order chi connectivity index (χ0) is 9.78. The first-order valence-corrected chi connectivity index (χ1v) is 4.80. The summed E-state index contributed by atoms with van der Waals surface area (Å²) in [4.78, 5) is 26.8. The van der Waals surface area contributed by atoms with Gasteiger partial charge >= 0.3 is 13.6 Å². The van der Waals surface area contributed by atoms with Gasteiger partial charge in [0.1, 0.15) is 0 Å². The van der Waals surface area contributed by atoms with E-state index in [0.717, 1.165) is 6.08 Å². The van der Waals surface area contributed by atoms with Crippen LogP contribution in [0.15, 0.2) is 11.9 Å². The first kappa shape index (κ1) is 11.3. The molecular formula is C5H11NO5P+. The van der Waals surface area contributed by atoms with Gasteiger partial charge in [-0.05, 0) is 0 Å². The second-order valence-electron chi connectivity index (χ2n) is 2.24. The summed E-state index contributed by atoms with van der Waals surface area (Å²) in [6, 6.07) is -0.868. The highest BCUT2D eigenvalue weighted by Crippen LogP contribution is 2.35. The van der Waals surface area contributed by atoms with Crippen molar-refractivity contribution in [3.63, 3.8) is 0 Å². The van der Waals surface area contributed by atoms with Crippen LogP contribution in [0.1, 0.15) is 6.42 Å². The van der Waals surface area contributed by atoms with Gasteiger partial charge in [-0.1, -0.05) is 6.08 Å². The molecule has 0 aliphatic heterocycles. The predicted molar refractivity (Wildman–Crippen MR) is 40.1 cm³/mol. The lowest BCUT2D eigenvalue weighted by molar-refractivity contribution is -0.406.